The van der Waals surface area contributed by atoms with Gasteiger partial charge in [0, 0.05) is 5.92 Å². The fourth-order valence-corrected chi connectivity index (χ4v) is 3.95. The number of halogens is 1. The van der Waals surface area contributed by atoms with E-state index in [2.05, 4.69) is 29.5 Å². The molecule has 2 rings (SSSR count). The topological polar surface area (TPSA) is 43.4 Å². The summed E-state index contributed by atoms with van der Waals surface area (Å²) in [6, 6.07) is 0. The molecule has 20 heavy (non-hydrogen) atoms. The average molecular weight is 390 g/mol. The lowest BCUT2D eigenvalue weighted by Gasteiger charge is -2.35. The maximum atomic E-state index is 12.7. The van der Waals surface area contributed by atoms with Crippen molar-refractivity contribution in [3.05, 3.63) is 12.2 Å². The SMILES string of the molecule is CC1CC(C2(C(=O)OC(C)(C)C)CC=CC2)C(=O)C1I. The van der Waals surface area contributed by atoms with Crippen LogP contribution in [0, 0.1) is 17.3 Å². The van der Waals surface area contributed by atoms with Crippen LogP contribution < -0.4 is 0 Å². The summed E-state index contributed by atoms with van der Waals surface area (Å²) in [6.45, 7) is 7.73. The van der Waals surface area contributed by atoms with Gasteiger partial charge in [0.25, 0.3) is 0 Å². The van der Waals surface area contributed by atoms with E-state index in [1.54, 1.807) is 0 Å². The molecule has 0 N–H and O–H groups in total. The largest absolute Gasteiger partial charge is 0.460 e. The van der Waals surface area contributed by atoms with E-state index >= 15 is 0 Å². The molecule has 0 aromatic heterocycles. The lowest BCUT2D eigenvalue weighted by atomic mass is 9.71. The molecule has 0 aliphatic heterocycles. The number of Topliss-reactive ketones (excluding diaryl/α,β-unsaturated/α-hetero) is 1. The second kappa shape index (κ2) is 5.43. The second-order valence-electron chi connectivity index (χ2n) is 7.11. The van der Waals surface area contributed by atoms with Crippen LogP contribution in [0.1, 0.15) is 47.0 Å². The molecule has 0 saturated heterocycles. The van der Waals surface area contributed by atoms with Gasteiger partial charge in [0.1, 0.15) is 11.4 Å². The number of alkyl halides is 1. The third-order valence-electron chi connectivity index (χ3n) is 4.33. The van der Waals surface area contributed by atoms with Gasteiger partial charge in [-0.3, -0.25) is 9.59 Å². The van der Waals surface area contributed by atoms with E-state index in [-0.39, 0.29) is 21.6 Å². The van der Waals surface area contributed by atoms with Crippen molar-refractivity contribution in [2.75, 3.05) is 0 Å². The molecular weight excluding hydrogens is 367 g/mol. The Morgan fingerprint density at radius 1 is 1.35 bits per heavy atom. The molecule has 0 aromatic carbocycles. The summed E-state index contributed by atoms with van der Waals surface area (Å²) in [5.74, 6) is 0.177. The van der Waals surface area contributed by atoms with Crippen LogP contribution in [0.4, 0.5) is 0 Å². The number of rotatable bonds is 2. The maximum absolute atomic E-state index is 12.7. The van der Waals surface area contributed by atoms with Crippen molar-refractivity contribution in [3.63, 3.8) is 0 Å². The Bertz CT molecular complexity index is 439. The monoisotopic (exact) mass is 390 g/mol. The maximum Gasteiger partial charge on any atom is 0.313 e. The van der Waals surface area contributed by atoms with Crippen LogP contribution in [-0.2, 0) is 14.3 Å². The van der Waals surface area contributed by atoms with Gasteiger partial charge in [0.2, 0.25) is 0 Å². The van der Waals surface area contributed by atoms with Gasteiger partial charge in [-0.15, -0.1) is 0 Å². The van der Waals surface area contributed by atoms with Crippen molar-refractivity contribution in [3.8, 4) is 0 Å². The molecule has 0 spiro atoms. The Kier molecular flexibility index (Phi) is 4.34. The molecule has 112 valence electrons. The van der Waals surface area contributed by atoms with Gasteiger partial charge in [-0.05, 0) is 46.0 Å². The van der Waals surface area contributed by atoms with Crippen molar-refractivity contribution >= 4 is 34.3 Å². The summed E-state index contributed by atoms with van der Waals surface area (Å²) in [6.07, 6.45) is 6.10. The number of carbonyl (C=O) groups is 2. The van der Waals surface area contributed by atoms with Crippen LogP contribution in [-0.4, -0.2) is 21.3 Å². The predicted octanol–water partition coefficient (Wildman–Crippen LogP) is 3.69. The van der Waals surface area contributed by atoms with E-state index in [0.29, 0.717) is 18.8 Å². The number of esters is 1. The minimum atomic E-state index is -0.654. The van der Waals surface area contributed by atoms with E-state index < -0.39 is 11.0 Å². The van der Waals surface area contributed by atoms with Crippen molar-refractivity contribution in [2.24, 2.45) is 17.3 Å². The third-order valence-corrected chi connectivity index (χ3v) is 6.17. The van der Waals surface area contributed by atoms with E-state index in [0.717, 1.165) is 6.42 Å². The molecular formula is C16H23IO3. The van der Waals surface area contributed by atoms with Gasteiger partial charge in [-0.1, -0.05) is 41.7 Å². The van der Waals surface area contributed by atoms with Gasteiger partial charge >= 0.3 is 5.97 Å². The molecule has 0 radical (unpaired) electrons. The average Bonchev–Trinajstić information content (AvgIpc) is 2.89. The summed E-state index contributed by atoms with van der Waals surface area (Å²) in [5, 5.41) is 0. The van der Waals surface area contributed by atoms with Crippen molar-refractivity contribution in [1.29, 1.82) is 0 Å². The first kappa shape index (κ1) is 16.0. The van der Waals surface area contributed by atoms with E-state index in [1.807, 2.05) is 32.9 Å². The number of carbonyl (C=O) groups excluding carboxylic acids is 2. The van der Waals surface area contributed by atoms with Gasteiger partial charge in [0.15, 0.2) is 0 Å². The molecule has 3 unspecified atom stereocenters. The number of ether oxygens (including phenoxy) is 1. The van der Waals surface area contributed by atoms with Crippen LogP contribution in [0.25, 0.3) is 0 Å². The zero-order valence-corrected chi connectivity index (χ0v) is 14.8. The first-order chi connectivity index (χ1) is 9.17. The molecule has 1 fully saturated rings. The minimum absolute atomic E-state index is 0.0255. The lowest BCUT2D eigenvalue weighted by molar-refractivity contribution is -0.172. The third kappa shape index (κ3) is 2.81. The Labute approximate surface area is 134 Å². The Balaban J connectivity index is 2.27. The van der Waals surface area contributed by atoms with Gasteiger partial charge in [-0.25, -0.2) is 0 Å². The van der Waals surface area contributed by atoms with Gasteiger partial charge < -0.3 is 4.74 Å². The Hall–Kier alpha value is -0.390. The molecule has 2 aliphatic carbocycles. The minimum Gasteiger partial charge on any atom is -0.460 e. The number of ketones is 1. The van der Waals surface area contributed by atoms with Crippen LogP contribution in [0.5, 0.6) is 0 Å². The molecule has 1 saturated carbocycles. The van der Waals surface area contributed by atoms with Crippen LogP contribution >= 0.6 is 22.6 Å². The quantitative estimate of drug-likeness (QED) is 0.313. The standard InChI is InChI=1S/C16H23IO3/c1-10-9-11(13(18)12(10)17)16(7-5-6-8-16)14(19)20-15(2,3)4/h5-6,10-12H,7-9H2,1-4H3. The smallest absolute Gasteiger partial charge is 0.313 e. The summed E-state index contributed by atoms with van der Waals surface area (Å²) >= 11 is 2.22. The summed E-state index contributed by atoms with van der Waals surface area (Å²) in [4.78, 5) is 25.2. The molecule has 4 heteroatoms. The lowest BCUT2D eigenvalue weighted by Crippen LogP contribution is -2.43. The van der Waals surface area contributed by atoms with Crippen molar-refractivity contribution < 1.29 is 14.3 Å². The zero-order chi connectivity index (χ0) is 15.1. The van der Waals surface area contributed by atoms with Crippen molar-refractivity contribution in [2.45, 2.75) is 56.5 Å². The molecule has 0 amide bonds. The van der Waals surface area contributed by atoms with Crippen molar-refractivity contribution in [1.82, 2.24) is 0 Å². The summed E-state index contributed by atoms with van der Waals surface area (Å²) in [7, 11) is 0. The first-order valence-electron chi connectivity index (χ1n) is 7.23. The van der Waals surface area contributed by atoms with E-state index in [4.69, 9.17) is 4.74 Å². The Morgan fingerprint density at radius 2 is 1.90 bits per heavy atom. The first-order valence-corrected chi connectivity index (χ1v) is 8.48. The molecule has 0 aromatic rings. The van der Waals surface area contributed by atoms with Crippen LogP contribution in [0.15, 0.2) is 12.2 Å². The highest BCUT2D eigenvalue weighted by molar-refractivity contribution is 14.1. The fraction of sp³-hybridized carbons (Fsp3) is 0.750. The normalized spacial score (nSPS) is 32.6. The zero-order valence-electron chi connectivity index (χ0n) is 12.6. The molecule has 2 aliphatic rings. The summed E-state index contributed by atoms with van der Waals surface area (Å²) in [5.41, 5.74) is -1.16. The predicted molar refractivity (Wildman–Crippen MR) is 86.7 cm³/mol. The number of hydrogen-bond donors (Lipinski definition) is 0. The Morgan fingerprint density at radius 3 is 2.30 bits per heavy atom. The fourth-order valence-electron chi connectivity index (χ4n) is 3.22. The van der Waals surface area contributed by atoms with Gasteiger partial charge in [0.05, 0.1) is 9.34 Å². The van der Waals surface area contributed by atoms with Crippen LogP contribution in [0.2, 0.25) is 0 Å². The highest BCUT2D eigenvalue weighted by atomic mass is 127. The number of allylic oxidation sites excluding steroid dienone is 2. The number of hydrogen-bond acceptors (Lipinski definition) is 3. The molecule has 0 bridgehead atoms. The molecule has 3 atom stereocenters. The van der Waals surface area contributed by atoms with Crippen LogP contribution in [0.3, 0.4) is 0 Å². The highest BCUT2D eigenvalue weighted by Crippen LogP contribution is 2.50. The highest BCUT2D eigenvalue weighted by Gasteiger charge is 2.55. The molecule has 3 nitrogen and oxygen atoms in total. The summed E-state index contributed by atoms with van der Waals surface area (Å²) < 4.78 is 5.65. The molecule has 0 heterocycles. The van der Waals surface area contributed by atoms with E-state index in [1.165, 1.54) is 0 Å². The van der Waals surface area contributed by atoms with E-state index in [9.17, 15) is 9.59 Å². The second-order valence-corrected chi connectivity index (χ2v) is 8.45. The van der Waals surface area contributed by atoms with Gasteiger partial charge in [-0.2, -0.15) is 0 Å².